The Hall–Kier alpha value is -0.0400. The summed E-state index contributed by atoms with van der Waals surface area (Å²) in [5, 5.41) is 0. The second-order valence-corrected chi connectivity index (χ2v) is 3.53. The van der Waals surface area contributed by atoms with Gasteiger partial charge in [0.25, 0.3) is 0 Å². The molecule has 62 valence electrons. The first kappa shape index (κ1) is 9.96. The van der Waals surface area contributed by atoms with Gasteiger partial charge in [0, 0.05) is 6.04 Å². The summed E-state index contributed by atoms with van der Waals surface area (Å²) in [5.74, 6) is 0.756. The van der Waals surface area contributed by atoms with Crippen LogP contribution in [0.4, 0.5) is 0 Å². The summed E-state index contributed by atoms with van der Waals surface area (Å²) in [7, 11) is 0. The van der Waals surface area contributed by atoms with Crippen molar-refractivity contribution in [2.75, 3.05) is 0 Å². The number of hydrogen-bond donors (Lipinski definition) is 1. The number of nitrogens with two attached hydrogens (primary N) is 1. The standard InChI is InChI=1S/C9H21N/c1-4-5-6-9(10)7-8(2)3/h8-9H,4-7,10H2,1-3H3. The molecule has 0 aromatic heterocycles. The van der Waals surface area contributed by atoms with Gasteiger partial charge in [0.1, 0.15) is 0 Å². The molecule has 0 aliphatic rings. The minimum Gasteiger partial charge on any atom is -0.328 e. The average Bonchev–Trinajstić information content (AvgIpc) is 1.82. The molecule has 0 aliphatic carbocycles. The minimum atomic E-state index is 0.444. The average molecular weight is 143 g/mol. The molecule has 0 amide bonds. The van der Waals surface area contributed by atoms with E-state index in [9.17, 15) is 0 Å². The first-order valence-electron chi connectivity index (χ1n) is 4.42. The minimum absolute atomic E-state index is 0.444. The highest BCUT2D eigenvalue weighted by Crippen LogP contribution is 2.08. The zero-order valence-corrected chi connectivity index (χ0v) is 7.56. The van der Waals surface area contributed by atoms with E-state index in [0.717, 1.165) is 5.92 Å². The van der Waals surface area contributed by atoms with Crippen LogP contribution >= 0.6 is 0 Å². The fourth-order valence-corrected chi connectivity index (χ4v) is 1.19. The van der Waals surface area contributed by atoms with Crippen molar-refractivity contribution in [2.24, 2.45) is 11.7 Å². The molecule has 0 rings (SSSR count). The van der Waals surface area contributed by atoms with Gasteiger partial charge in [0.2, 0.25) is 0 Å². The molecule has 0 saturated heterocycles. The Balaban J connectivity index is 3.16. The number of rotatable bonds is 5. The molecule has 0 heterocycles. The topological polar surface area (TPSA) is 26.0 Å². The van der Waals surface area contributed by atoms with E-state index in [4.69, 9.17) is 5.73 Å². The molecular weight excluding hydrogens is 122 g/mol. The van der Waals surface area contributed by atoms with Crippen molar-refractivity contribution in [3.63, 3.8) is 0 Å². The van der Waals surface area contributed by atoms with E-state index in [0.29, 0.717) is 6.04 Å². The Labute approximate surface area is 65.0 Å². The zero-order chi connectivity index (χ0) is 7.98. The monoisotopic (exact) mass is 143 g/mol. The fourth-order valence-electron chi connectivity index (χ4n) is 1.19. The summed E-state index contributed by atoms with van der Waals surface area (Å²) in [6.07, 6.45) is 4.94. The van der Waals surface area contributed by atoms with Crippen LogP contribution in [0.1, 0.15) is 46.5 Å². The van der Waals surface area contributed by atoms with Crippen molar-refractivity contribution >= 4 is 0 Å². The van der Waals surface area contributed by atoms with Gasteiger partial charge in [0.05, 0.1) is 0 Å². The predicted octanol–water partition coefficient (Wildman–Crippen LogP) is 2.55. The van der Waals surface area contributed by atoms with Crippen LogP contribution in [0.2, 0.25) is 0 Å². The summed E-state index contributed by atoms with van der Waals surface area (Å²) in [5.41, 5.74) is 5.86. The maximum Gasteiger partial charge on any atom is 0.00412 e. The summed E-state index contributed by atoms with van der Waals surface area (Å²) in [4.78, 5) is 0. The molecule has 0 spiro atoms. The van der Waals surface area contributed by atoms with Gasteiger partial charge in [0.15, 0.2) is 0 Å². The quantitative estimate of drug-likeness (QED) is 0.629. The Morgan fingerprint density at radius 1 is 1.30 bits per heavy atom. The molecule has 1 unspecified atom stereocenters. The number of unbranched alkanes of at least 4 members (excludes halogenated alkanes) is 1. The molecule has 0 radical (unpaired) electrons. The maximum absolute atomic E-state index is 5.86. The van der Waals surface area contributed by atoms with Crippen molar-refractivity contribution in [1.29, 1.82) is 0 Å². The van der Waals surface area contributed by atoms with E-state index in [-0.39, 0.29) is 0 Å². The smallest absolute Gasteiger partial charge is 0.00412 e. The van der Waals surface area contributed by atoms with Gasteiger partial charge in [-0.25, -0.2) is 0 Å². The lowest BCUT2D eigenvalue weighted by atomic mass is 10.0. The summed E-state index contributed by atoms with van der Waals surface area (Å²) in [6, 6.07) is 0.444. The van der Waals surface area contributed by atoms with Gasteiger partial charge < -0.3 is 5.73 Å². The molecule has 0 saturated carbocycles. The fraction of sp³-hybridized carbons (Fsp3) is 1.00. The van der Waals surface area contributed by atoms with Crippen molar-refractivity contribution in [3.8, 4) is 0 Å². The molecule has 1 atom stereocenters. The Kier molecular flexibility index (Phi) is 5.70. The third-order valence-electron chi connectivity index (χ3n) is 1.70. The maximum atomic E-state index is 5.86. The van der Waals surface area contributed by atoms with Crippen molar-refractivity contribution in [1.82, 2.24) is 0 Å². The summed E-state index contributed by atoms with van der Waals surface area (Å²) < 4.78 is 0. The van der Waals surface area contributed by atoms with Gasteiger partial charge in [-0.15, -0.1) is 0 Å². The van der Waals surface area contributed by atoms with E-state index in [1.165, 1.54) is 25.7 Å². The zero-order valence-electron chi connectivity index (χ0n) is 7.56. The SMILES string of the molecule is CCCCC(N)CC(C)C. The van der Waals surface area contributed by atoms with E-state index >= 15 is 0 Å². The molecule has 0 aliphatic heterocycles. The highest BCUT2D eigenvalue weighted by Gasteiger charge is 2.03. The van der Waals surface area contributed by atoms with Crippen molar-refractivity contribution in [2.45, 2.75) is 52.5 Å². The predicted molar refractivity (Wildman–Crippen MR) is 47.0 cm³/mol. The van der Waals surface area contributed by atoms with Gasteiger partial charge in [-0.1, -0.05) is 33.6 Å². The molecule has 0 aromatic rings. The lowest BCUT2D eigenvalue weighted by Gasteiger charge is -2.12. The normalized spacial score (nSPS) is 14.1. The molecule has 0 fully saturated rings. The second kappa shape index (κ2) is 5.72. The third kappa shape index (κ3) is 6.09. The first-order chi connectivity index (χ1) is 4.66. The van der Waals surface area contributed by atoms with Crippen LogP contribution in [0.5, 0.6) is 0 Å². The second-order valence-electron chi connectivity index (χ2n) is 3.53. The lowest BCUT2D eigenvalue weighted by molar-refractivity contribution is 0.461. The van der Waals surface area contributed by atoms with E-state index < -0.39 is 0 Å². The third-order valence-corrected chi connectivity index (χ3v) is 1.70. The Morgan fingerprint density at radius 3 is 2.30 bits per heavy atom. The van der Waals surface area contributed by atoms with Crippen molar-refractivity contribution < 1.29 is 0 Å². The van der Waals surface area contributed by atoms with Crippen LogP contribution in [0, 0.1) is 5.92 Å². The summed E-state index contributed by atoms with van der Waals surface area (Å²) in [6.45, 7) is 6.67. The highest BCUT2D eigenvalue weighted by atomic mass is 14.6. The van der Waals surface area contributed by atoms with Crippen LogP contribution in [-0.2, 0) is 0 Å². The van der Waals surface area contributed by atoms with Crippen LogP contribution in [0.3, 0.4) is 0 Å². The van der Waals surface area contributed by atoms with Crippen LogP contribution in [0.15, 0.2) is 0 Å². The molecule has 0 aromatic carbocycles. The molecule has 10 heavy (non-hydrogen) atoms. The number of hydrogen-bond acceptors (Lipinski definition) is 1. The Bertz CT molecular complexity index is 69.1. The molecular formula is C9H21N. The molecule has 0 bridgehead atoms. The molecule has 1 heteroatoms. The van der Waals surface area contributed by atoms with E-state index in [1.807, 2.05) is 0 Å². The highest BCUT2D eigenvalue weighted by molar-refractivity contribution is 4.62. The van der Waals surface area contributed by atoms with E-state index in [1.54, 1.807) is 0 Å². The van der Waals surface area contributed by atoms with E-state index in [2.05, 4.69) is 20.8 Å². The lowest BCUT2D eigenvalue weighted by Crippen LogP contribution is -2.21. The van der Waals surface area contributed by atoms with Gasteiger partial charge >= 0.3 is 0 Å². The van der Waals surface area contributed by atoms with Crippen LogP contribution < -0.4 is 5.73 Å². The Morgan fingerprint density at radius 2 is 1.90 bits per heavy atom. The van der Waals surface area contributed by atoms with Gasteiger partial charge in [-0.05, 0) is 18.8 Å². The van der Waals surface area contributed by atoms with Crippen LogP contribution in [-0.4, -0.2) is 6.04 Å². The van der Waals surface area contributed by atoms with Gasteiger partial charge in [-0.2, -0.15) is 0 Å². The van der Waals surface area contributed by atoms with Gasteiger partial charge in [-0.3, -0.25) is 0 Å². The largest absolute Gasteiger partial charge is 0.328 e. The molecule has 1 nitrogen and oxygen atoms in total. The summed E-state index contributed by atoms with van der Waals surface area (Å²) >= 11 is 0. The van der Waals surface area contributed by atoms with Crippen molar-refractivity contribution in [3.05, 3.63) is 0 Å². The van der Waals surface area contributed by atoms with Crippen LogP contribution in [0.25, 0.3) is 0 Å². The first-order valence-corrected chi connectivity index (χ1v) is 4.42. The molecule has 2 N–H and O–H groups in total.